The first-order chi connectivity index (χ1) is 6.91. The number of hydrogen-bond donors (Lipinski definition) is 2. The second-order valence-corrected chi connectivity index (χ2v) is 3.60. The van der Waals surface area contributed by atoms with Crippen LogP contribution >= 0.6 is 15.9 Å². The third kappa shape index (κ3) is 2.85. The molecule has 4 nitrogen and oxygen atoms in total. The molecule has 0 bridgehead atoms. The SMILES string of the molecule is O=C(O)Cc1c(Br)cc(=O)[nH]c1C(F)F. The smallest absolute Gasteiger partial charge is 0.307 e. The molecule has 1 aromatic rings. The van der Waals surface area contributed by atoms with Crippen molar-refractivity contribution < 1.29 is 18.7 Å². The van der Waals surface area contributed by atoms with Gasteiger partial charge in [0.25, 0.3) is 6.43 Å². The summed E-state index contributed by atoms with van der Waals surface area (Å²) in [6.45, 7) is 0. The molecule has 1 rings (SSSR count). The lowest BCUT2D eigenvalue weighted by molar-refractivity contribution is -0.136. The predicted molar refractivity (Wildman–Crippen MR) is 51.1 cm³/mol. The summed E-state index contributed by atoms with van der Waals surface area (Å²) in [5, 5.41) is 8.51. The Morgan fingerprint density at radius 3 is 2.67 bits per heavy atom. The second kappa shape index (κ2) is 4.52. The molecular weight excluding hydrogens is 276 g/mol. The summed E-state index contributed by atoms with van der Waals surface area (Å²) in [5.74, 6) is -1.25. The van der Waals surface area contributed by atoms with Gasteiger partial charge in [0.1, 0.15) is 0 Å². The van der Waals surface area contributed by atoms with E-state index < -0.39 is 30.1 Å². The number of rotatable bonds is 3. The summed E-state index contributed by atoms with van der Waals surface area (Å²) in [5.41, 5.74) is -1.47. The van der Waals surface area contributed by atoms with Gasteiger partial charge in [-0.15, -0.1) is 0 Å². The van der Waals surface area contributed by atoms with E-state index in [-0.39, 0.29) is 10.0 Å². The Balaban J connectivity index is 3.33. The van der Waals surface area contributed by atoms with Crippen LogP contribution < -0.4 is 5.56 Å². The second-order valence-electron chi connectivity index (χ2n) is 2.74. The molecule has 0 spiro atoms. The molecule has 2 N–H and O–H groups in total. The maximum atomic E-state index is 12.5. The molecule has 15 heavy (non-hydrogen) atoms. The summed E-state index contributed by atoms with van der Waals surface area (Å²) in [6.07, 6.45) is -3.48. The minimum Gasteiger partial charge on any atom is -0.481 e. The zero-order chi connectivity index (χ0) is 11.6. The highest BCUT2D eigenvalue weighted by molar-refractivity contribution is 9.10. The van der Waals surface area contributed by atoms with Crippen molar-refractivity contribution in [2.75, 3.05) is 0 Å². The molecule has 0 aliphatic heterocycles. The Hall–Kier alpha value is -1.24. The van der Waals surface area contributed by atoms with E-state index in [0.29, 0.717) is 0 Å². The number of carboxylic acid groups (broad SMARTS) is 1. The summed E-state index contributed by atoms with van der Waals surface area (Å²) >= 11 is 2.88. The molecule has 0 saturated heterocycles. The number of carboxylic acids is 1. The quantitative estimate of drug-likeness (QED) is 0.886. The lowest BCUT2D eigenvalue weighted by Gasteiger charge is -2.08. The van der Waals surface area contributed by atoms with Gasteiger partial charge in [-0.1, -0.05) is 15.9 Å². The number of aromatic nitrogens is 1. The van der Waals surface area contributed by atoms with Gasteiger partial charge in [0.05, 0.1) is 12.1 Å². The number of aromatic amines is 1. The number of carbonyl (C=O) groups is 1. The third-order valence-corrected chi connectivity index (χ3v) is 2.38. The van der Waals surface area contributed by atoms with Crippen molar-refractivity contribution >= 4 is 21.9 Å². The molecule has 1 heterocycles. The molecule has 0 unspecified atom stereocenters. The van der Waals surface area contributed by atoms with E-state index in [0.717, 1.165) is 6.07 Å². The minimum atomic E-state index is -2.91. The Labute approximate surface area is 91.1 Å². The van der Waals surface area contributed by atoms with Crippen LogP contribution in [0.25, 0.3) is 0 Å². The van der Waals surface area contributed by atoms with Crippen molar-refractivity contribution in [3.8, 4) is 0 Å². The summed E-state index contributed by atoms with van der Waals surface area (Å²) < 4.78 is 25.0. The molecule has 0 aliphatic rings. The van der Waals surface area contributed by atoms with Crippen molar-refractivity contribution in [1.29, 1.82) is 0 Å². The molecule has 0 aliphatic carbocycles. The standard InChI is InChI=1S/C8H6BrF2NO3/c9-4-2-5(13)12-7(8(10)11)3(4)1-6(14)15/h2,8H,1H2,(H,12,13)(H,14,15). The summed E-state index contributed by atoms with van der Waals surface area (Å²) in [4.78, 5) is 23.2. The fraction of sp³-hybridized carbons (Fsp3) is 0.250. The number of hydrogen-bond acceptors (Lipinski definition) is 2. The van der Waals surface area contributed by atoms with Crippen molar-refractivity contribution in [1.82, 2.24) is 4.98 Å². The Morgan fingerprint density at radius 2 is 2.20 bits per heavy atom. The van der Waals surface area contributed by atoms with E-state index in [1.165, 1.54) is 0 Å². The molecule has 7 heteroatoms. The normalized spacial score (nSPS) is 10.7. The van der Waals surface area contributed by atoms with E-state index in [1.807, 2.05) is 4.98 Å². The Kier molecular flexibility index (Phi) is 3.57. The van der Waals surface area contributed by atoms with Crippen LogP contribution in [0, 0.1) is 0 Å². The molecule has 0 fully saturated rings. The largest absolute Gasteiger partial charge is 0.481 e. The van der Waals surface area contributed by atoms with Crippen LogP contribution in [0.4, 0.5) is 8.78 Å². The zero-order valence-corrected chi connectivity index (χ0v) is 8.85. The topological polar surface area (TPSA) is 70.2 Å². The highest BCUT2D eigenvalue weighted by Gasteiger charge is 2.19. The highest BCUT2D eigenvalue weighted by atomic mass is 79.9. The molecular formula is C8H6BrF2NO3. The van der Waals surface area contributed by atoms with Crippen LogP contribution in [0.2, 0.25) is 0 Å². The number of pyridine rings is 1. The molecule has 82 valence electrons. The lowest BCUT2D eigenvalue weighted by atomic mass is 10.1. The first-order valence-electron chi connectivity index (χ1n) is 3.83. The number of halogens is 3. The van der Waals surface area contributed by atoms with E-state index in [1.54, 1.807) is 0 Å². The van der Waals surface area contributed by atoms with Gasteiger partial charge >= 0.3 is 5.97 Å². The van der Waals surface area contributed by atoms with Crippen LogP contribution in [0.15, 0.2) is 15.3 Å². The van der Waals surface area contributed by atoms with Crippen LogP contribution in [-0.4, -0.2) is 16.1 Å². The molecule has 0 aromatic carbocycles. The van der Waals surface area contributed by atoms with Gasteiger partial charge in [0.2, 0.25) is 5.56 Å². The van der Waals surface area contributed by atoms with Gasteiger partial charge in [-0.05, 0) is 0 Å². The van der Waals surface area contributed by atoms with Crippen molar-refractivity contribution in [2.45, 2.75) is 12.8 Å². The molecule has 0 radical (unpaired) electrons. The number of nitrogens with one attached hydrogen (secondary N) is 1. The number of alkyl halides is 2. The average Bonchev–Trinajstić information content (AvgIpc) is 2.08. The monoisotopic (exact) mass is 281 g/mol. The maximum absolute atomic E-state index is 12.5. The maximum Gasteiger partial charge on any atom is 0.307 e. The van der Waals surface area contributed by atoms with Gasteiger partial charge in [-0.3, -0.25) is 9.59 Å². The summed E-state index contributed by atoms with van der Waals surface area (Å²) in [7, 11) is 0. The van der Waals surface area contributed by atoms with Crippen LogP contribution in [0.5, 0.6) is 0 Å². The first-order valence-corrected chi connectivity index (χ1v) is 4.62. The van der Waals surface area contributed by atoms with Gasteiger partial charge in [-0.25, -0.2) is 8.78 Å². The fourth-order valence-electron chi connectivity index (χ4n) is 1.09. The van der Waals surface area contributed by atoms with Gasteiger partial charge in [0.15, 0.2) is 0 Å². The molecule has 1 aromatic heterocycles. The van der Waals surface area contributed by atoms with E-state index in [4.69, 9.17) is 5.11 Å². The Morgan fingerprint density at radius 1 is 1.60 bits per heavy atom. The molecule has 0 atom stereocenters. The van der Waals surface area contributed by atoms with E-state index >= 15 is 0 Å². The van der Waals surface area contributed by atoms with Crippen LogP contribution in [0.3, 0.4) is 0 Å². The zero-order valence-electron chi connectivity index (χ0n) is 7.26. The predicted octanol–water partition coefficient (Wildman–Crippen LogP) is 1.70. The summed E-state index contributed by atoms with van der Waals surface area (Å²) in [6, 6.07) is 1.02. The van der Waals surface area contributed by atoms with E-state index in [2.05, 4.69) is 15.9 Å². The minimum absolute atomic E-state index is 0.0731. The van der Waals surface area contributed by atoms with Crippen molar-refractivity contribution in [3.63, 3.8) is 0 Å². The van der Waals surface area contributed by atoms with Crippen molar-refractivity contribution in [3.05, 3.63) is 32.2 Å². The van der Waals surface area contributed by atoms with Crippen LogP contribution in [0.1, 0.15) is 17.7 Å². The van der Waals surface area contributed by atoms with Crippen molar-refractivity contribution in [2.24, 2.45) is 0 Å². The van der Waals surface area contributed by atoms with Gasteiger partial charge < -0.3 is 10.1 Å². The number of aliphatic carboxylic acids is 1. The van der Waals surface area contributed by atoms with Gasteiger partial charge in [-0.2, -0.15) is 0 Å². The molecule has 0 saturated carbocycles. The van der Waals surface area contributed by atoms with Crippen LogP contribution in [-0.2, 0) is 11.2 Å². The Bertz CT molecular complexity index is 444. The average molecular weight is 282 g/mol. The van der Waals surface area contributed by atoms with Gasteiger partial charge in [0, 0.05) is 16.1 Å². The van der Waals surface area contributed by atoms with E-state index in [9.17, 15) is 18.4 Å². The highest BCUT2D eigenvalue weighted by Crippen LogP contribution is 2.25. The molecule has 0 amide bonds. The third-order valence-electron chi connectivity index (χ3n) is 1.68. The fourth-order valence-corrected chi connectivity index (χ4v) is 1.65. The lowest BCUT2D eigenvalue weighted by Crippen LogP contribution is -2.14. The first kappa shape index (κ1) is 11.8. The number of H-pyrrole nitrogens is 1.